The molecule has 5 heteroatoms. The summed E-state index contributed by atoms with van der Waals surface area (Å²) in [6.07, 6.45) is 0.568. The third-order valence-corrected chi connectivity index (χ3v) is 3.08. The number of methoxy groups -OCH3 is 2. The van der Waals surface area contributed by atoms with Gasteiger partial charge in [0.2, 0.25) is 5.91 Å². The Labute approximate surface area is 126 Å². The molecule has 0 aromatic heterocycles. The van der Waals surface area contributed by atoms with Crippen molar-refractivity contribution in [1.29, 1.82) is 0 Å². The van der Waals surface area contributed by atoms with Crippen LogP contribution in [0.4, 0.5) is 0 Å². The molecule has 1 unspecified atom stereocenters. The molecule has 0 saturated heterocycles. The minimum Gasteiger partial charge on any atom is -0.493 e. The maximum absolute atomic E-state index is 12.2. The first-order chi connectivity index (χ1) is 9.80. The van der Waals surface area contributed by atoms with E-state index in [1.807, 2.05) is 39.0 Å². The summed E-state index contributed by atoms with van der Waals surface area (Å²) in [4.78, 5) is 12.2. The van der Waals surface area contributed by atoms with E-state index in [0.29, 0.717) is 24.5 Å². The largest absolute Gasteiger partial charge is 0.493 e. The van der Waals surface area contributed by atoms with E-state index in [1.54, 1.807) is 14.2 Å². The van der Waals surface area contributed by atoms with Crippen molar-refractivity contribution >= 4 is 5.91 Å². The first-order valence-corrected chi connectivity index (χ1v) is 7.03. The summed E-state index contributed by atoms with van der Waals surface area (Å²) in [7, 11) is 3.19. The summed E-state index contributed by atoms with van der Waals surface area (Å²) >= 11 is 0. The second-order valence-corrected chi connectivity index (χ2v) is 6.07. The van der Waals surface area contributed by atoms with E-state index in [2.05, 4.69) is 5.32 Å². The number of hydrogen-bond donors (Lipinski definition) is 2. The smallest absolute Gasteiger partial charge is 0.225 e. The maximum Gasteiger partial charge on any atom is 0.225 e. The van der Waals surface area contributed by atoms with E-state index in [0.717, 1.165) is 5.56 Å². The van der Waals surface area contributed by atoms with Crippen molar-refractivity contribution < 1.29 is 14.3 Å². The van der Waals surface area contributed by atoms with E-state index < -0.39 is 0 Å². The molecule has 1 aromatic carbocycles. The molecule has 0 aliphatic rings. The molecule has 0 spiro atoms. The van der Waals surface area contributed by atoms with Crippen molar-refractivity contribution in [2.75, 3.05) is 20.8 Å². The van der Waals surface area contributed by atoms with Gasteiger partial charge in [-0.15, -0.1) is 0 Å². The Bertz CT molecular complexity index is 481. The van der Waals surface area contributed by atoms with Crippen LogP contribution in [-0.2, 0) is 11.2 Å². The number of carbonyl (C=O) groups is 1. The molecule has 1 amide bonds. The molecule has 0 fully saturated rings. The van der Waals surface area contributed by atoms with Gasteiger partial charge in [0.05, 0.1) is 20.1 Å². The molecule has 1 atom stereocenters. The fourth-order valence-corrected chi connectivity index (χ4v) is 2.05. The minimum atomic E-state index is -0.262. The van der Waals surface area contributed by atoms with E-state index >= 15 is 0 Å². The zero-order valence-electron chi connectivity index (χ0n) is 13.5. The Kier molecular flexibility index (Phi) is 6.03. The lowest BCUT2D eigenvalue weighted by molar-refractivity contribution is -0.126. The van der Waals surface area contributed by atoms with Gasteiger partial charge in [0.25, 0.3) is 0 Å². The predicted molar refractivity (Wildman–Crippen MR) is 83.7 cm³/mol. The number of amides is 1. The minimum absolute atomic E-state index is 0.0280. The summed E-state index contributed by atoms with van der Waals surface area (Å²) in [5.74, 6) is 1.04. The van der Waals surface area contributed by atoms with E-state index in [-0.39, 0.29) is 17.4 Å². The Hall–Kier alpha value is -1.75. The van der Waals surface area contributed by atoms with Gasteiger partial charge in [-0.25, -0.2) is 0 Å². The van der Waals surface area contributed by atoms with Gasteiger partial charge in [0.1, 0.15) is 0 Å². The van der Waals surface area contributed by atoms with Gasteiger partial charge in [0.15, 0.2) is 11.5 Å². The van der Waals surface area contributed by atoms with Gasteiger partial charge in [-0.05, 0) is 44.9 Å². The van der Waals surface area contributed by atoms with Crippen molar-refractivity contribution in [2.45, 2.75) is 32.7 Å². The van der Waals surface area contributed by atoms with E-state index in [4.69, 9.17) is 15.2 Å². The maximum atomic E-state index is 12.2. The van der Waals surface area contributed by atoms with Crippen molar-refractivity contribution in [1.82, 2.24) is 5.32 Å². The lowest BCUT2D eigenvalue weighted by atomic mass is 9.96. The number of carbonyl (C=O) groups excluding carboxylic acids is 1. The highest BCUT2D eigenvalue weighted by Crippen LogP contribution is 2.28. The number of nitrogens with one attached hydrogen (secondary N) is 1. The number of hydrogen-bond acceptors (Lipinski definition) is 4. The van der Waals surface area contributed by atoms with Crippen molar-refractivity contribution in [3.8, 4) is 11.5 Å². The van der Waals surface area contributed by atoms with E-state index in [9.17, 15) is 4.79 Å². The highest BCUT2D eigenvalue weighted by Gasteiger charge is 2.22. The molecule has 1 rings (SSSR count). The van der Waals surface area contributed by atoms with Gasteiger partial charge in [0, 0.05) is 12.1 Å². The van der Waals surface area contributed by atoms with Crippen LogP contribution in [0.15, 0.2) is 18.2 Å². The SMILES string of the molecule is COc1ccc(CC(CN)C(=O)NC(C)(C)C)cc1OC. The highest BCUT2D eigenvalue weighted by atomic mass is 16.5. The number of benzene rings is 1. The summed E-state index contributed by atoms with van der Waals surface area (Å²) < 4.78 is 10.5. The standard InChI is InChI=1S/C16H26N2O3/c1-16(2,3)18-15(19)12(10-17)8-11-6-7-13(20-4)14(9-11)21-5/h6-7,9,12H,8,10,17H2,1-5H3,(H,18,19). The van der Waals surface area contributed by atoms with Gasteiger partial charge in [-0.2, -0.15) is 0 Å². The summed E-state index contributed by atoms with van der Waals surface area (Å²) in [5, 5.41) is 2.97. The van der Waals surface area contributed by atoms with Crippen LogP contribution in [0.25, 0.3) is 0 Å². The zero-order chi connectivity index (χ0) is 16.0. The first kappa shape index (κ1) is 17.3. The third kappa shape index (κ3) is 5.27. The monoisotopic (exact) mass is 294 g/mol. The predicted octanol–water partition coefficient (Wildman–Crippen LogP) is 1.74. The molecule has 118 valence electrons. The lowest BCUT2D eigenvalue weighted by Gasteiger charge is -2.24. The molecular formula is C16H26N2O3. The molecule has 0 bridgehead atoms. The van der Waals surface area contributed by atoms with Crippen LogP contribution in [0, 0.1) is 5.92 Å². The third-order valence-electron chi connectivity index (χ3n) is 3.08. The fraction of sp³-hybridized carbons (Fsp3) is 0.562. The zero-order valence-corrected chi connectivity index (χ0v) is 13.5. The molecular weight excluding hydrogens is 268 g/mol. The molecule has 5 nitrogen and oxygen atoms in total. The Balaban J connectivity index is 2.84. The Morgan fingerprint density at radius 1 is 1.24 bits per heavy atom. The molecule has 0 saturated carbocycles. The average Bonchev–Trinajstić information content (AvgIpc) is 2.42. The van der Waals surface area contributed by atoms with Crippen LogP contribution < -0.4 is 20.5 Å². The number of rotatable bonds is 6. The summed E-state index contributed by atoms with van der Waals surface area (Å²) in [6, 6.07) is 5.64. The second-order valence-electron chi connectivity index (χ2n) is 6.07. The molecule has 0 aliphatic heterocycles. The van der Waals surface area contributed by atoms with Crippen LogP contribution in [0.5, 0.6) is 11.5 Å². The molecule has 0 aliphatic carbocycles. The van der Waals surface area contributed by atoms with Gasteiger partial charge < -0.3 is 20.5 Å². The second kappa shape index (κ2) is 7.31. The van der Waals surface area contributed by atoms with Crippen molar-refractivity contribution in [3.63, 3.8) is 0 Å². The summed E-state index contributed by atoms with van der Waals surface area (Å²) in [6.45, 7) is 6.16. The molecule has 21 heavy (non-hydrogen) atoms. The topological polar surface area (TPSA) is 73.6 Å². The summed E-state index contributed by atoms with van der Waals surface area (Å²) in [5.41, 5.74) is 6.48. The van der Waals surface area contributed by atoms with Crippen LogP contribution in [0.3, 0.4) is 0 Å². The number of ether oxygens (including phenoxy) is 2. The van der Waals surface area contributed by atoms with Crippen LogP contribution in [0.1, 0.15) is 26.3 Å². The Morgan fingerprint density at radius 3 is 2.33 bits per heavy atom. The highest BCUT2D eigenvalue weighted by molar-refractivity contribution is 5.79. The molecule has 0 heterocycles. The van der Waals surface area contributed by atoms with Gasteiger partial charge >= 0.3 is 0 Å². The lowest BCUT2D eigenvalue weighted by Crippen LogP contribution is -2.46. The number of nitrogens with two attached hydrogens (primary N) is 1. The molecule has 3 N–H and O–H groups in total. The van der Waals surface area contributed by atoms with Crippen LogP contribution >= 0.6 is 0 Å². The van der Waals surface area contributed by atoms with Gasteiger partial charge in [-0.3, -0.25) is 4.79 Å². The van der Waals surface area contributed by atoms with Gasteiger partial charge in [-0.1, -0.05) is 6.07 Å². The average molecular weight is 294 g/mol. The van der Waals surface area contributed by atoms with Crippen molar-refractivity contribution in [2.24, 2.45) is 11.7 Å². The van der Waals surface area contributed by atoms with Crippen LogP contribution in [0.2, 0.25) is 0 Å². The fourth-order valence-electron chi connectivity index (χ4n) is 2.05. The Morgan fingerprint density at radius 2 is 1.86 bits per heavy atom. The van der Waals surface area contributed by atoms with Crippen molar-refractivity contribution in [3.05, 3.63) is 23.8 Å². The van der Waals surface area contributed by atoms with Crippen LogP contribution in [-0.4, -0.2) is 32.2 Å². The first-order valence-electron chi connectivity index (χ1n) is 7.03. The normalized spacial score (nSPS) is 12.7. The van der Waals surface area contributed by atoms with E-state index in [1.165, 1.54) is 0 Å². The quantitative estimate of drug-likeness (QED) is 0.838. The molecule has 0 radical (unpaired) electrons. The molecule has 1 aromatic rings.